The Morgan fingerprint density at radius 2 is 1.86 bits per heavy atom. The van der Waals surface area contributed by atoms with E-state index in [1.165, 1.54) is 0 Å². The Bertz CT molecular complexity index is 341. The summed E-state index contributed by atoms with van der Waals surface area (Å²) in [6.45, 7) is 0.816. The quantitative estimate of drug-likeness (QED) is 0.524. The van der Waals surface area contributed by atoms with E-state index in [4.69, 9.17) is 11.5 Å². The molecule has 1 aliphatic rings. The Morgan fingerprint density at radius 1 is 1.14 bits per heavy atom. The fourth-order valence-electron chi connectivity index (χ4n) is 1.39. The van der Waals surface area contributed by atoms with Gasteiger partial charge in [0.1, 0.15) is 0 Å². The minimum absolute atomic E-state index is 0.0904. The molecule has 0 bridgehead atoms. The summed E-state index contributed by atoms with van der Waals surface area (Å²) in [7, 11) is 0. The molecule has 2 rings (SSSR count). The Morgan fingerprint density at radius 3 is 2.43 bits per heavy atom. The summed E-state index contributed by atoms with van der Waals surface area (Å²) < 4.78 is 0. The second-order valence-electron chi connectivity index (χ2n) is 3.08. The van der Waals surface area contributed by atoms with Crippen molar-refractivity contribution in [3.8, 4) is 0 Å². The molecule has 6 heteroatoms. The highest BCUT2D eigenvalue weighted by atomic mass is 15.2. The second-order valence-corrected chi connectivity index (χ2v) is 3.08. The minimum atomic E-state index is 0.0904. The molecule has 0 fully saturated rings. The number of nitrogens with one attached hydrogen (secondary N) is 1. The van der Waals surface area contributed by atoms with Gasteiger partial charge in [-0.25, -0.2) is 0 Å². The molecule has 1 unspecified atom stereocenters. The van der Waals surface area contributed by atoms with Gasteiger partial charge in [0.2, 0.25) is 11.9 Å². The van der Waals surface area contributed by atoms with Crippen LogP contribution in [0.25, 0.3) is 0 Å². The number of hydrogen-bond acceptors (Lipinski definition) is 6. The van der Waals surface area contributed by atoms with E-state index >= 15 is 0 Å². The van der Waals surface area contributed by atoms with Crippen molar-refractivity contribution < 1.29 is 0 Å². The molecule has 1 aliphatic heterocycles. The molecule has 0 spiro atoms. The molecule has 74 valence electrons. The van der Waals surface area contributed by atoms with E-state index in [1.807, 2.05) is 0 Å². The standard InChI is InChI=1S/C8H12N6/c9-7-12-6(13-8(10)14-7)5-3-1-2-4-11-5/h1-2,5,11H,3-4H2,(H4,9,10,12,13,14). The smallest absolute Gasteiger partial charge is 0.225 e. The third-order valence-electron chi connectivity index (χ3n) is 2.02. The molecule has 6 nitrogen and oxygen atoms in total. The fraction of sp³-hybridized carbons (Fsp3) is 0.375. The van der Waals surface area contributed by atoms with Gasteiger partial charge in [-0.05, 0) is 6.42 Å². The molecule has 0 amide bonds. The van der Waals surface area contributed by atoms with Gasteiger partial charge in [-0.1, -0.05) is 12.2 Å². The Hall–Kier alpha value is -1.69. The highest BCUT2D eigenvalue weighted by molar-refractivity contribution is 5.27. The Kier molecular flexibility index (Phi) is 2.28. The maximum absolute atomic E-state index is 5.48. The van der Waals surface area contributed by atoms with Gasteiger partial charge >= 0.3 is 0 Å². The zero-order chi connectivity index (χ0) is 9.97. The molecule has 1 atom stereocenters. The molecule has 2 heterocycles. The lowest BCUT2D eigenvalue weighted by Crippen LogP contribution is -2.26. The predicted molar refractivity (Wildman–Crippen MR) is 53.2 cm³/mol. The van der Waals surface area contributed by atoms with Crippen molar-refractivity contribution in [1.29, 1.82) is 0 Å². The average Bonchev–Trinajstić information content (AvgIpc) is 2.18. The molecule has 0 saturated heterocycles. The van der Waals surface area contributed by atoms with Gasteiger partial charge in [-0.2, -0.15) is 15.0 Å². The molecule has 5 N–H and O–H groups in total. The monoisotopic (exact) mass is 192 g/mol. The van der Waals surface area contributed by atoms with E-state index in [1.54, 1.807) is 0 Å². The van der Waals surface area contributed by atoms with Crippen LogP contribution >= 0.6 is 0 Å². The van der Waals surface area contributed by atoms with Crippen LogP contribution in [-0.2, 0) is 0 Å². The van der Waals surface area contributed by atoms with Gasteiger partial charge in [-0.15, -0.1) is 0 Å². The lowest BCUT2D eigenvalue weighted by atomic mass is 10.1. The first-order chi connectivity index (χ1) is 6.75. The summed E-state index contributed by atoms with van der Waals surface area (Å²) in [5.74, 6) is 0.951. The number of hydrogen-bond donors (Lipinski definition) is 3. The van der Waals surface area contributed by atoms with Crippen molar-refractivity contribution in [2.75, 3.05) is 18.0 Å². The van der Waals surface area contributed by atoms with E-state index in [0.29, 0.717) is 5.82 Å². The maximum atomic E-state index is 5.48. The molecule has 0 radical (unpaired) electrons. The van der Waals surface area contributed by atoms with Crippen LogP contribution in [0.15, 0.2) is 12.2 Å². The second kappa shape index (κ2) is 3.59. The van der Waals surface area contributed by atoms with Gasteiger partial charge in [0.25, 0.3) is 0 Å². The van der Waals surface area contributed by atoms with E-state index in [0.717, 1.165) is 13.0 Å². The van der Waals surface area contributed by atoms with Crippen LogP contribution < -0.4 is 16.8 Å². The number of aromatic nitrogens is 3. The fourth-order valence-corrected chi connectivity index (χ4v) is 1.39. The van der Waals surface area contributed by atoms with Crippen LogP contribution in [0, 0.1) is 0 Å². The van der Waals surface area contributed by atoms with Crippen molar-refractivity contribution >= 4 is 11.9 Å². The van der Waals surface area contributed by atoms with Crippen molar-refractivity contribution in [3.63, 3.8) is 0 Å². The number of rotatable bonds is 1. The van der Waals surface area contributed by atoms with Crippen molar-refractivity contribution in [3.05, 3.63) is 18.0 Å². The molecule has 14 heavy (non-hydrogen) atoms. The Labute approximate surface area is 81.4 Å². The zero-order valence-electron chi connectivity index (χ0n) is 7.64. The van der Waals surface area contributed by atoms with Crippen LogP contribution in [0.1, 0.15) is 18.3 Å². The molecule has 0 aromatic carbocycles. The summed E-state index contributed by atoms with van der Waals surface area (Å²) in [6.07, 6.45) is 4.99. The number of nitrogens with two attached hydrogens (primary N) is 2. The third-order valence-corrected chi connectivity index (χ3v) is 2.02. The summed E-state index contributed by atoms with van der Waals surface area (Å²) in [5.41, 5.74) is 11.0. The van der Waals surface area contributed by atoms with Crippen LogP contribution in [0.4, 0.5) is 11.9 Å². The SMILES string of the molecule is Nc1nc(N)nc(C2CC=CCN2)n1. The average molecular weight is 192 g/mol. The lowest BCUT2D eigenvalue weighted by molar-refractivity contribution is 0.525. The largest absolute Gasteiger partial charge is 0.368 e. The summed E-state index contributed by atoms with van der Waals surface area (Å²) in [5, 5.41) is 3.24. The predicted octanol–water partition coefficient (Wildman–Crippen LogP) is -0.373. The normalized spacial score (nSPS) is 21.0. The van der Waals surface area contributed by atoms with E-state index < -0.39 is 0 Å². The van der Waals surface area contributed by atoms with Crippen LogP contribution in [0.3, 0.4) is 0 Å². The third kappa shape index (κ3) is 1.80. The van der Waals surface area contributed by atoms with Crippen LogP contribution in [-0.4, -0.2) is 21.5 Å². The van der Waals surface area contributed by atoms with Crippen molar-refractivity contribution in [2.24, 2.45) is 0 Å². The van der Waals surface area contributed by atoms with Gasteiger partial charge in [0, 0.05) is 6.54 Å². The highest BCUT2D eigenvalue weighted by Gasteiger charge is 2.15. The van der Waals surface area contributed by atoms with E-state index in [-0.39, 0.29) is 17.9 Å². The van der Waals surface area contributed by atoms with Gasteiger partial charge in [-0.3, -0.25) is 0 Å². The lowest BCUT2D eigenvalue weighted by Gasteiger charge is -2.18. The molecule has 0 saturated carbocycles. The van der Waals surface area contributed by atoms with Gasteiger partial charge < -0.3 is 16.8 Å². The van der Waals surface area contributed by atoms with Gasteiger partial charge in [0.15, 0.2) is 5.82 Å². The van der Waals surface area contributed by atoms with Crippen LogP contribution in [0.5, 0.6) is 0 Å². The number of nitrogen functional groups attached to an aromatic ring is 2. The van der Waals surface area contributed by atoms with Crippen molar-refractivity contribution in [1.82, 2.24) is 20.3 Å². The number of nitrogens with zero attached hydrogens (tertiary/aromatic N) is 3. The summed E-state index contributed by atoms with van der Waals surface area (Å²) >= 11 is 0. The number of anilines is 2. The highest BCUT2D eigenvalue weighted by Crippen LogP contribution is 2.16. The zero-order valence-corrected chi connectivity index (χ0v) is 7.64. The minimum Gasteiger partial charge on any atom is -0.368 e. The van der Waals surface area contributed by atoms with Crippen LogP contribution in [0.2, 0.25) is 0 Å². The summed E-state index contributed by atoms with van der Waals surface area (Å²) in [4.78, 5) is 11.8. The van der Waals surface area contributed by atoms with E-state index in [9.17, 15) is 0 Å². The molecular formula is C8H12N6. The first-order valence-corrected chi connectivity index (χ1v) is 4.41. The van der Waals surface area contributed by atoms with Crippen molar-refractivity contribution in [2.45, 2.75) is 12.5 Å². The summed E-state index contributed by atoms with van der Waals surface area (Å²) in [6, 6.07) is 0.0904. The van der Waals surface area contributed by atoms with E-state index in [2.05, 4.69) is 32.4 Å². The maximum Gasteiger partial charge on any atom is 0.225 e. The molecular weight excluding hydrogens is 180 g/mol. The first kappa shape index (κ1) is 8.89. The molecule has 0 aliphatic carbocycles. The van der Waals surface area contributed by atoms with Gasteiger partial charge in [0.05, 0.1) is 6.04 Å². The first-order valence-electron chi connectivity index (χ1n) is 4.41. The Balaban J connectivity index is 2.26. The topological polar surface area (TPSA) is 103 Å². The molecule has 1 aromatic heterocycles. The molecule has 1 aromatic rings.